The topological polar surface area (TPSA) is 71.1 Å². The highest BCUT2D eigenvalue weighted by atomic mass is 35.5. The third-order valence-electron chi connectivity index (χ3n) is 2.93. The fraction of sp³-hybridized carbons (Fsp3) is 0.133. The molecule has 132 valence electrons. The van der Waals surface area contributed by atoms with E-state index < -0.39 is 29.4 Å². The number of benzene rings is 1. The van der Waals surface area contributed by atoms with Gasteiger partial charge in [0, 0.05) is 17.4 Å². The summed E-state index contributed by atoms with van der Waals surface area (Å²) in [5.41, 5.74) is -1.48. The Labute approximate surface area is 150 Å². The SMILES string of the molecule is O=C(CCl)Nc1cc(C(=O)Nc2cccnc2Cl)cc(C(F)(F)F)c1. The number of rotatable bonds is 4. The van der Waals surface area contributed by atoms with Gasteiger partial charge in [0.25, 0.3) is 5.91 Å². The van der Waals surface area contributed by atoms with Crippen LogP contribution in [-0.4, -0.2) is 22.7 Å². The number of alkyl halides is 4. The minimum Gasteiger partial charge on any atom is -0.325 e. The van der Waals surface area contributed by atoms with Crippen LogP contribution in [0.5, 0.6) is 0 Å². The van der Waals surface area contributed by atoms with Crippen LogP contribution in [0.15, 0.2) is 36.5 Å². The standard InChI is InChI=1S/C15H10Cl2F3N3O2/c16-7-12(24)22-10-5-8(4-9(6-10)15(18,19)20)14(25)23-11-2-1-3-21-13(11)17/h1-6H,7H2,(H,22,24)(H,23,25). The van der Waals surface area contributed by atoms with Crippen LogP contribution in [0.2, 0.25) is 5.15 Å². The Bertz CT molecular complexity index is 813. The molecule has 0 bridgehead atoms. The summed E-state index contributed by atoms with van der Waals surface area (Å²) >= 11 is 11.1. The van der Waals surface area contributed by atoms with E-state index in [1.807, 2.05) is 0 Å². The minimum absolute atomic E-state index is 0.0153. The number of aromatic nitrogens is 1. The van der Waals surface area contributed by atoms with Gasteiger partial charge in [-0.05, 0) is 30.3 Å². The molecule has 10 heteroatoms. The van der Waals surface area contributed by atoms with Gasteiger partial charge in [0.15, 0.2) is 5.15 Å². The molecule has 0 atom stereocenters. The molecule has 0 unspecified atom stereocenters. The lowest BCUT2D eigenvalue weighted by molar-refractivity contribution is -0.137. The summed E-state index contributed by atoms with van der Waals surface area (Å²) < 4.78 is 39.1. The van der Waals surface area contributed by atoms with E-state index in [1.165, 1.54) is 18.3 Å². The van der Waals surface area contributed by atoms with Crippen LogP contribution >= 0.6 is 23.2 Å². The highest BCUT2D eigenvalue weighted by Gasteiger charge is 2.32. The molecule has 0 aliphatic rings. The Morgan fingerprint density at radius 2 is 1.88 bits per heavy atom. The smallest absolute Gasteiger partial charge is 0.325 e. The molecule has 2 rings (SSSR count). The number of hydrogen-bond donors (Lipinski definition) is 2. The second-order valence-electron chi connectivity index (χ2n) is 4.77. The van der Waals surface area contributed by atoms with Crippen LogP contribution in [0.3, 0.4) is 0 Å². The maximum absolute atomic E-state index is 13.0. The summed E-state index contributed by atoms with van der Waals surface area (Å²) in [7, 11) is 0. The number of carbonyl (C=O) groups is 2. The monoisotopic (exact) mass is 391 g/mol. The zero-order chi connectivity index (χ0) is 18.6. The Kier molecular flexibility index (Phi) is 5.86. The van der Waals surface area contributed by atoms with Crippen LogP contribution in [0, 0.1) is 0 Å². The summed E-state index contributed by atoms with van der Waals surface area (Å²) in [6, 6.07) is 5.41. The lowest BCUT2D eigenvalue weighted by atomic mass is 10.1. The Hall–Kier alpha value is -2.32. The average molecular weight is 392 g/mol. The van der Waals surface area contributed by atoms with E-state index in [2.05, 4.69) is 15.6 Å². The molecule has 5 nitrogen and oxygen atoms in total. The van der Waals surface area contributed by atoms with Crippen molar-refractivity contribution in [3.8, 4) is 0 Å². The van der Waals surface area contributed by atoms with E-state index in [1.54, 1.807) is 0 Å². The predicted octanol–water partition coefficient (Wildman–Crippen LogP) is 4.18. The minimum atomic E-state index is -4.71. The second kappa shape index (κ2) is 7.71. The molecule has 0 spiro atoms. The van der Waals surface area contributed by atoms with Gasteiger partial charge < -0.3 is 10.6 Å². The molecule has 25 heavy (non-hydrogen) atoms. The van der Waals surface area contributed by atoms with Crippen LogP contribution in [0.25, 0.3) is 0 Å². The van der Waals surface area contributed by atoms with E-state index in [9.17, 15) is 22.8 Å². The van der Waals surface area contributed by atoms with Crippen molar-refractivity contribution in [3.05, 3.63) is 52.8 Å². The molecule has 2 aromatic rings. The number of pyridine rings is 1. The molecule has 0 aliphatic heterocycles. The van der Waals surface area contributed by atoms with Crippen LogP contribution in [-0.2, 0) is 11.0 Å². The van der Waals surface area contributed by atoms with Crippen molar-refractivity contribution in [1.82, 2.24) is 4.98 Å². The number of hydrogen-bond acceptors (Lipinski definition) is 3. The van der Waals surface area contributed by atoms with E-state index in [-0.39, 0.29) is 22.1 Å². The molecule has 1 aromatic heterocycles. The quantitative estimate of drug-likeness (QED) is 0.606. The summed E-state index contributed by atoms with van der Waals surface area (Å²) in [5.74, 6) is -1.99. The van der Waals surface area contributed by atoms with Crippen molar-refractivity contribution in [2.24, 2.45) is 0 Å². The van der Waals surface area contributed by atoms with Crippen molar-refractivity contribution in [1.29, 1.82) is 0 Å². The summed E-state index contributed by atoms with van der Waals surface area (Å²) in [5, 5.41) is 4.53. The van der Waals surface area contributed by atoms with E-state index in [0.29, 0.717) is 12.1 Å². The molecule has 0 fully saturated rings. The first-order chi connectivity index (χ1) is 11.7. The average Bonchev–Trinajstić information content (AvgIpc) is 2.55. The highest BCUT2D eigenvalue weighted by molar-refractivity contribution is 6.32. The Morgan fingerprint density at radius 1 is 1.16 bits per heavy atom. The lowest BCUT2D eigenvalue weighted by Gasteiger charge is -2.13. The molecule has 0 aliphatic carbocycles. The van der Waals surface area contributed by atoms with Gasteiger partial charge in [-0.15, -0.1) is 11.6 Å². The lowest BCUT2D eigenvalue weighted by Crippen LogP contribution is -2.17. The van der Waals surface area contributed by atoms with Crippen LogP contribution < -0.4 is 10.6 Å². The third kappa shape index (κ3) is 5.07. The molecule has 1 heterocycles. The van der Waals surface area contributed by atoms with Crippen molar-refractivity contribution >= 4 is 46.4 Å². The van der Waals surface area contributed by atoms with E-state index in [0.717, 1.165) is 6.07 Å². The highest BCUT2D eigenvalue weighted by Crippen LogP contribution is 2.32. The molecule has 2 amide bonds. The first-order valence-corrected chi connectivity index (χ1v) is 7.62. The molecular weight excluding hydrogens is 382 g/mol. The zero-order valence-corrected chi connectivity index (χ0v) is 13.8. The zero-order valence-electron chi connectivity index (χ0n) is 12.3. The fourth-order valence-corrected chi connectivity index (χ4v) is 2.10. The molecule has 1 aromatic carbocycles. The molecule has 0 radical (unpaired) electrons. The van der Waals surface area contributed by atoms with E-state index in [4.69, 9.17) is 23.2 Å². The van der Waals surface area contributed by atoms with Crippen LogP contribution in [0.4, 0.5) is 24.5 Å². The van der Waals surface area contributed by atoms with Gasteiger partial charge in [0.2, 0.25) is 5.91 Å². The Balaban J connectivity index is 2.38. The van der Waals surface area contributed by atoms with Gasteiger partial charge in [0.1, 0.15) is 5.88 Å². The van der Waals surface area contributed by atoms with Gasteiger partial charge in [-0.3, -0.25) is 9.59 Å². The van der Waals surface area contributed by atoms with Crippen molar-refractivity contribution in [3.63, 3.8) is 0 Å². The number of carbonyl (C=O) groups excluding carboxylic acids is 2. The van der Waals surface area contributed by atoms with Crippen molar-refractivity contribution in [2.75, 3.05) is 16.5 Å². The normalized spacial score (nSPS) is 11.1. The van der Waals surface area contributed by atoms with Crippen molar-refractivity contribution in [2.45, 2.75) is 6.18 Å². The van der Waals surface area contributed by atoms with Gasteiger partial charge in [-0.25, -0.2) is 4.98 Å². The number of anilines is 2. The largest absolute Gasteiger partial charge is 0.416 e. The fourth-order valence-electron chi connectivity index (χ4n) is 1.86. The van der Waals surface area contributed by atoms with Crippen molar-refractivity contribution < 1.29 is 22.8 Å². The molecule has 0 saturated heterocycles. The predicted molar refractivity (Wildman–Crippen MR) is 88.0 cm³/mol. The summed E-state index contributed by atoms with van der Waals surface area (Å²) in [6.45, 7) is 0. The van der Waals surface area contributed by atoms with Crippen LogP contribution in [0.1, 0.15) is 15.9 Å². The first-order valence-electron chi connectivity index (χ1n) is 6.70. The molecule has 2 N–H and O–H groups in total. The van der Waals surface area contributed by atoms with E-state index >= 15 is 0 Å². The summed E-state index contributed by atoms with van der Waals surface area (Å²) in [6.07, 6.45) is -3.31. The summed E-state index contributed by atoms with van der Waals surface area (Å²) in [4.78, 5) is 27.3. The van der Waals surface area contributed by atoms with Gasteiger partial charge in [-0.2, -0.15) is 13.2 Å². The number of nitrogens with one attached hydrogen (secondary N) is 2. The Morgan fingerprint density at radius 3 is 2.48 bits per heavy atom. The third-order valence-corrected chi connectivity index (χ3v) is 3.48. The molecular formula is C15H10Cl2F3N3O2. The second-order valence-corrected chi connectivity index (χ2v) is 5.40. The first kappa shape index (κ1) is 19.0. The number of amides is 2. The number of nitrogens with zero attached hydrogens (tertiary/aromatic N) is 1. The number of halogens is 5. The van der Waals surface area contributed by atoms with Gasteiger partial charge in [0.05, 0.1) is 11.3 Å². The molecule has 0 saturated carbocycles. The maximum atomic E-state index is 13.0. The van der Waals surface area contributed by atoms with Gasteiger partial charge in [-0.1, -0.05) is 11.6 Å². The maximum Gasteiger partial charge on any atom is 0.416 e. The van der Waals surface area contributed by atoms with Gasteiger partial charge >= 0.3 is 6.18 Å².